The van der Waals surface area contributed by atoms with E-state index in [0.717, 1.165) is 50.7 Å². The molecule has 4 aliphatic rings. The number of carbonyl (C=O) groups excluding carboxylic acids is 2. The number of allylic oxidation sites excluding steroid dienone is 2. The van der Waals surface area contributed by atoms with Crippen molar-refractivity contribution in [1.82, 2.24) is 5.32 Å². The summed E-state index contributed by atoms with van der Waals surface area (Å²) in [6.45, 7) is 5.76. The number of carboxylic acids is 1. The molecule has 1 amide bonds. The molecule has 0 aliphatic heterocycles. The molecule has 3 fully saturated rings. The molecule has 0 saturated heterocycles. The Kier molecular flexibility index (Phi) is 8.15. The summed E-state index contributed by atoms with van der Waals surface area (Å²) in [4.78, 5) is 41.3. The number of Topliss-reactive ketones (excluding diaryl/α,β-unsaturated/α-hetero) is 1. The fourth-order valence-electron chi connectivity index (χ4n) is 8.14. The first-order chi connectivity index (χ1) is 17.5. The smallest absolute Gasteiger partial charge is 0.326 e. The molecule has 4 rings (SSSR count). The molecule has 0 aromatic heterocycles. The largest absolute Gasteiger partial charge is 0.480 e. The molecule has 0 aromatic carbocycles. The van der Waals surface area contributed by atoms with E-state index in [2.05, 4.69) is 30.4 Å². The summed E-state index contributed by atoms with van der Waals surface area (Å²) in [5.41, 5.74) is 0.766. The van der Waals surface area contributed by atoms with Gasteiger partial charge in [-0.25, -0.2) is 4.79 Å². The van der Waals surface area contributed by atoms with Crippen molar-refractivity contribution in [2.75, 3.05) is 18.6 Å². The molecular weight excluding hydrogens is 492 g/mol. The van der Waals surface area contributed by atoms with Crippen LogP contribution in [0, 0.1) is 28.6 Å². The van der Waals surface area contributed by atoms with Crippen molar-refractivity contribution >= 4 is 35.1 Å². The summed E-state index contributed by atoms with van der Waals surface area (Å²) in [6, 6.07) is -0.924. The van der Waals surface area contributed by atoms with Crippen LogP contribution in [0.3, 0.4) is 0 Å². The molecule has 4 aliphatic carbocycles. The molecule has 0 spiro atoms. The Morgan fingerprint density at radius 3 is 2.57 bits per heavy atom. The predicted octanol–water partition coefficient (Wildman–Crippen LogP) is 3.96. The number of carbonyl (C=O) groups is 3. The third kappa shape index (κ3) is 4.98. The fourth-order valence-corrected chi connectivity index (χ4v) is 8.61. The van der Waals surface area contributed by atoms with Gasteiger partial charge in [0.1, 0.15) is 11.6 Å². The van der Waals surface area contributed by atoms with E-state index in [9.17, 15) is 24.6 Å². The standard InChI is InChI=1S/C28H42N2O6S/c1-17(31)28(35)13-9-22-20-6-5-18-15-19(7-11-26(18,2)21(20)8-12-27(22,28)3)30-36-16-24(32)29-23(25(33)34)10-14-37-4/h15,20-23,35H,5-14,16H2,1-4H3,(H,29,32)(H,33,34)/b30-19+/t20-,21+,22+,23-,26+,27+,28+/m1/s1. The van der Waals surface area contributed by atoms with Crippen molar-refractivity contribution in [2.45, 2.75) is 90.2 Å². The van der Waals surface area contributed by atoms with E-state index in [1.54, 1.807) is 6.92 Å². The van der Waals surface area contributed by atoms with Crippen molar-refractivity contribution in [3.63, 3.8) is 0 Å². The maximum absolute atomic E-state index is 12.4. The van der Waals surface area contributed by atoms with Crippen molar-refractivity contribution in [3.05, 3.63) is 11.6 Å². The second-order valence-electron chi connectivity index (χ2n) is 12.0. The van der Waals surface area contributed by atoms with Gasteiger partial charge in [-0.15, -0.1) is 0 Å². The van der Waals surface area contributed by atoms with E-state index in [4.69, 9.17) is 4.84 Å². The minimum absolute atomic E-state index is 0.0730. The number of fused-ring (bicyclic) bond motifs is 5. The highest BCUT2D eigenvalue weighted by Crippen LogP contribution is 2.67. The van der Waals surface area contributed by atoms with Crippen LogP contribution in [0.5, 0.6) is 0 Å². The molecule has 7 atom stereocenters. The molecule has 0 bridgehead atoms. The molecular formula is C28H42N2O6S. The molecule has 0 heterocycles. The second kappa shape index (κ2) is 10.7. The van der Waals surface area contributed by atoms with Gasteiger partial charge in [-0.05, 0) is 106 Å². The fraction of sp³-hybridized carbons (Fsp3) is 0.786. The average molecular weight is 535 g/mol. The van der Waals surface area contributed by atoms with E-state index in [0.29, 0.717) is 36.3 Å². The molecule has 0 aromatic rings. The number of nitrogens with one attached hydrogen (secondary N) is 1. The van der Waals surface area contributed by atoms with Crippen LogP contribution in [0.15, 0.2) is 16.8 Å². The quantitative estimate of drug-likeness (QED) is 0.382. The third-order valence-electron chi connectivity index (χ3n) is 10.3. The summed E-state index contributed by atoms with van der Waals surface area (Å²) >= 11 is 1.53. The lowest BCUT2D eigenvalue weighted by atomic mass is 9.46. The van der Waals surface area contributed by atoms with Crippen LogP contribution in [-0.2, 0) is 19.2 Å². The van der Waals surface area contributed by atoms with E-state index in [1.807, 2.05) is 6.26 Å². The molecule has 37 heavy (non-hydrogen) atoms. The van der Waals surface area contributed by atoms with Crippen molar-refractivity contribution in [2.24, 2.45) is 33.7 Å². The summed E-state index contributed by atoms with van der Waals surface area (Å²) in [5, 5.41) is 27.3. The summed E-state index contributed by atoms with van der Waals surface area (Å²) in [5.74, 6) is 0.450. The summed E-state index contributed by atoms with van der Waals surface area (Å²) in [7, 11) is 0. The Morgan fingerprint density at radius 1 is 1.16 bits per heavy atom. The van der Waals surface area contributed by atoms with Crippen LogP contribution in [0.2, 0.25) is 0 Å². The molecule has 0 radical (unpaired) electrons. The van der Waals surface area contributed by atoms with Gasteiger partial charge in [-0.3, -0.25) is 9.59 Å². The van der Waals surface area contributed by atoms with Gasteiger partial charge in [-0.2, -0.15) is 11.8 Å². The number of aliphatic hydroxyl groups is 1. The monoisotopic (exact) mass is 534 g/mol. The highest BCUT2D eigenvalue weighted by Gasteiger charge is 2.65. The maximum atomic E-state index is 12.4. The number of hydrogen-bond acceptors (Lipinski definition) is 7. The second-order valence-corrected chi connectivity index (χ2v) is 13.0. The molecule has 8 nitrogen and oxygen atoms in total. The van der Waals surface area contributed by atoms with E-state index in [1.165, 1.54) is 17.3 Å². The van der Waals surface area contributed by atoms with Crippen molar-refractivity contribution in [3.8, 4) is 0 Å². The van der Waals surface area contributed by atoms with Crippen LogP contribution < -0.4 is 5.32 Å². The van der Waals surface area contributed by atoms with Crippen LogP contribution in [-0.4, -0.2) is 63.8 Å². The Balaban J connectivity index is 1.39. The zero-order valence-corrected chi connectivity index (χ0v) is 23.4. The highest BCUT2D eigenvalue weighted by molar-refractivity contribution is 7.98. The first-order valence-electron chi connectivity index (χ1n) is 13.6. The number of hydrogen-bond donors (Lipinski definition) is 3. The normalized spacial score (nSPS) is 38.6. The number of aliphatic carboxylic acids is 1. The zero-order chi connectivity index (χ0) is 27.0. The number of thioether (sulfide) groups is 1. The number of nitrogens with zero attached hydrogens (tertiary/aromatic N) is 1. The minimum Gasteiger partial charge on any atom is -0.480 e. The number of oxime groups is 1. The lowest BCUT2D eigenvalue weighted by molar-refractivity contribution is -0.159. The van der Waals surface area contributed by atoms with Gasteiger partial charge >= 0.3 is 5.97 Å². The van der Waals surface area contributed by atoms with E-state index >= 15 is 0 Å². The first-order valence-corrected chi connectivity index (χ1v) is 15.0. The lowest BCUT2D eigenvalue weighted by Gasteiger charge is -2.59. The Hall–Kier alpha value is -1.87. The molecule has 0 unspecified atom stereocenters. The van der Waals surface area contributed by atoms with Crippen LogP contribution in [0.4, 0.5) is 0 Å². The lowest BCUT2D eigenvalue weighted by Crippen LogP contribution is -2.57. The first kappa shape index (κ1) is 28.1. The molecule has 3 saturated carbocycles. The van der Waals surface area contributed by atoms with Crippen molar-refractivity contribution < 1.29 is 29.4 Å². The molecule has 206 valence electrons. The summed E-state index contributed by atoms with van der Waals surface area (Å²) in [6.07, 6.45) is 11.6. The number of carboxylic acid groups (broad SMARTS) is 1. The number of rotatable bonds is 9. The van der Waals surface area contributed by atoms with Gasteiger partial charge in [0.2, 0.25) is 0 Å². The topological polar surface area (TPSA) is 125 Å². The SMILES string of the molecule is CSCC[C@@H](NC(=O)CO/N=C1/C=C2CC[C@@H]3[C@H](CC[C@@]4(C)[C@H]3CC[C@]4(O)C(C)=O)[C@@]2(C)CC1)C(=O)O. The Labute approximate surface area is 224 Å². The van der Waals surface area contributed by atoms with Crippen LogP contribution in [0.25, 0.3) is 0 Å². The van der Waals surface area contributed by atoms with Crippen molar-refractivity contribution in [1.29, 1.82) is 0 Å². The van der Waals surface area contributed by atoms with Crippen LogP contribution >= 0.6 is 11.8 Å². The van der Waals surface area contributed by atoms with Gasteiger partial charge < -0.3 is 20.4 Å². The Morgan fingerprint density at radius 2 is 1.89 bits per heavy atom. The average Bonchev–Trinajstić information content (AvgIpc) is 3.13. The van der Waals surface area contributed by atoms with Gasteiger partial charge in [0.05, 0.1) is 5.71 Å². The van der Waals surface area contributed by atoms with Gasteiger partial charge in [0.15, 0.2) is 12.4 Å². The Bertz CT molecular complexity index is 997. The predicted molar refractivity (Wildman–Crippen MR) is 143 cm³/mol. The summed E-state index contributed by atoms with van der Waals surface area (Å²) < 4.78 is 0. The maximum Gasteiger partial charge on any atom is 0.326 e. The zero-order valence-electron chi connectivity index (χ0n) is 22.5. The highest BCUT2D eigenvalue weighted by atomic mass is 32.2. The molecule has 9 heteroatoms. The van der Waals surface area contributed by atoms with Crippen LogP contribution in [0.1, 0.15) is 78.6 Å². The van der Waals surface area contributed by atoms with E-state index in [-0.39, 0.29) is 23.2 Å². The number of amides is 1. The minimum atomic E-state index is -1.19. The van der Waals surface area contributed by atoms with E-state index < -0.39 is 23.5 Å². The third-order valence-corrected chi connectivity index (χ3v) is 11.0. The number of ketones is 1. The van der Waals surface area contributed by atoms with Gasteiger partial charge in [0, 0.05) is 5.41 Å². The van der Waals surface area contributed by atoms with Gasteiger partial charge in [0.25, 0.3) is 5.91 Å². The van der Waals surface area contributed by atoms with Gasteiger partial charge in [-0.1, -0.05) is 24.6 Å². The molecule has 3 N–H and O–H groups in total.